The van der Waals surface area contributed by atoms with Crippen LogP contribution >= 0.6 is 0 Å². The smallest absolute Gasteiger partial charge is 0.240 e. The summed E-state index contributed by atoms with van der Waals surface area (Å²) in [5, 5.41) is 0. The average Bonchev–Trinajstić information content (AvgIpc) is 2.34. The summed E-state index contributed by atoms with van der Waals surface area (Å²) < 4.78 is 0. The minimum absolute atomic E-state index is 0.219. The van der Waals surface area contributed by atoms with E-state index in [2.05, 4.69) is 12.3 Å². The lowest BCUT2D eigenvalue weighted by Crippen LogP contribution is -2.30. The van der Waals surface area contributed by atoms with Crippen LogP contribution in [-0.4, -0.2) is 17.7 Å². The molecule has 98 valence electrons. The predicted octanol–water partition coefficient (Wildman–Crippen LogP) is -1.82. The molecule has 17 heavy (non-hydrogen) atoms. The number of hydrogen-bond acceptors (Lipinski definition) is 5. The van der Waals surface area contributed by atoms with Crippen molar-refractivity contribution in [1.29, 1.82) is 0 Å². The van der Waals surface area contributed by atoms with Crippen LogP contribution in [0.2, 0.25) is 0 Å². The third kappa shape index (κ3) is 16.7. The van der Waals surface area contributed by atoms with Gasteiger partial charge in [-0.05, 0) is 18.9 Å². The maximum atomic E-state index is 10.6. The van der Waals surface area contributed by atoms with Crippen molar-refractivity contribution in [3.63, 3.8) is 0 Å². The highest BCUT2D eigenvalue weighted by molar-refractivity contribution is 5.85. The number of carbonyl (C=O) groups is 3. The van der Waals surface area contributed by atoms with Crippen LogP contribution in [0.5, 0.6) is 0 Å². The highest BCUT2D eigenvalue weighted by Gasteiger charge is 2.00. The first-order valence-corrected chi connectivity index (χ1v) is 4.88. The summed E-state index contributed by atoms with van der Waals surface area (Å²) in [4.78, 5) is 30.6. The van der Waals surface area contributed by atoms with Crippen LogP contribution < -0.4 is 28.3 Å². The maximum absolute atomic E-state index is 10.6. The van der Waals surface area contributed by atoms with Gasteiger partial charge in [0.2, 0.25) is 17.7 Å². The average molecular weight is 245 g/mol. The summed E-state index contributed by atoms with van der Waals surface area (Å²) in [7, 11) is 0. The zero-order chi connectivity index (χ0) is 13.7. The standard InChI is InChI=1S/C6H14N4O2.C3H5NO/c7-9-5(11)3-1-2-4-6(12)10-8;1-2-3(4)5/h1-4,7-8H2,(H,9,11)(H,10,12);2H,1H2,(H2,4,5). The third-order valence-electron chi connectivity index (χ3n) is 1.58. The van der Waals surface area contributed by atoms with E-state index >= 15 is 0 Å². The molecule has 0 saturated heterocycles. The fraction of sp³-hybridized carbons (Fsp3) is 0.444. The van der Waals surface area contributed by atoms with Gasteiger partial charge in [-0.1, -0.05) is 6.58 Å². The Balaban J connectivity index is 0. The zero-order valence-corrected chi connectivity index (χ0v) is 9.57. The van der Waals surface area contributed by atoms with Crippen molar-refractivity contribution < 1.29 is 14.4 Å². The molecule has 0 fully saturated rings. The largest absolute Gasteiger partial charge is 0.366 e. The van der Waals surface area contributed by atoms with Crippen LogP contribution in [0.1, 0.15) is 25.7 Å². The van der Waals surface area contributed by atoms with Crippen LogP contribution in [0.25, 0.3) is 0 Å². The van der Waals surface area contributed by atoms with E-state index in [4.69, 9.17) is 11.7 Å². The molecule has 0 aromatic heterocycles. The quantitative estimate of drug-likeness (QED) is 0.123. The van der Waals surface area contributed by atoms with Crippen molar-refractivity contribution in [3.05, 3.63) is 12.7 Å². The molecule has 0 aromatic carbocycles. The second kappa shape index (κ2) is 12.1. The van der Waals surface area contributed by atoms with Gasteiger partial charge in [-0.25, -0.2) is 11.7 Å². The zero-order valence-electron chi connectivity index (χ0n) is 9.57. The van der Waals surface area contributed by atoms with Gasteiger partial charge in [-0.2, -0.15) is 0 Å². The first kappa shape index (κ1) is 17.5. The van der Waals surface area contributed by atoms with E-state index in [0.717, 1.165) is 6.08 Å². The molecule has 3 amide bonds. The Morgan fingerprint density at radius 2 is 1.29 bits per heavy atom. The molecule has 8 nitrogen and oxygen atoms in total. The number of nitrogens with two attached hydrogens (primary N) is 3. The highest BCUT2D eigenvalue weighted by atomic mass is 16.2. The summed E-state index contributed by atoms with van der Waals surface area (Å²) in [6.45, 7) is 3.09. The molecule has 0 rings (SSSR count). The van der Waals surface area contributed by atoms with Crippen LogP contribution in [-0.2, 0) is 14.4 Å². The lowest BCUT2D eigenvalue weighted by molar-refractivity contribution is -0.123. The minimum Gasteiger partial charge on any atom is -0.366 e. The Morgan fingerprint density at radius 1 is 1.00 bits per heavy atom. The van der Waals surface area contributed by atoms with Gasteiger partial charge in [0.05, 0.1) is 0 Å². The van der Waals surface area contributed by atoms with Crippen LogP contribution in [0, 0.1) is 0 Å². The summed E-state index contributed by atoms with van der Waals surface area (Å²) in [6.07, 6.45) is 3.01. The summed E-state index contributed by atoms with van der Waals surface area (Å²) in [5.41, 5.74) is 8.54. The van der Waals surface area contributed by atoms with Crippen molar-refractivity contribution in [3.8, 4) is 0 Å². The molecule has 0 radical (unpaired) electrons. The topological polar surface area (TPSA) is 153 Å². The second-order valence-electron chi connectivity index (χ2n) is 2.95. The second-order valence-corrected chi connectivity index (χ2v) is 2.95. The molecule has 0 bridgehead atoms. The van der Waals surface area contributed by atoms with Crippen molar-refractivity contribution in [2.75, 3.05) is 0 Å². The molecule has 0 unspecified atom stereocenters. The maximum Gasteiger partial charge on any atom is 0.240 e. The lowest BCUT2D eigenvalue weighted by Gasteiger charge is -1.99. The lowest BCUT2D eigenvalue weighted by atomic mass is 10.2. The number of primary amides is 1. The molecule has 8 heteroatoms. The monoisotopic (exact) mass is 245 g/mol. The molecule has 0 heterocycles. The Bertz CT molecular complexity index is 249. The minimum atomic E-state index is -0.481. The van der Waals surface area contributed by atoms with Crippen molar-refractivity contribution in [2.24, 2.45) is 17.4 Å². The van der Waals surface area contributed by atoms with Gasteiger partial charge in [0.25, 0.3) is 0 Å². The van der Waals surface area contributed by atoms with E-state index < -0.39 is 5.91 Å². The SMILES string of the molecule is C=CC(N)=O.NNC(=O)CCCCC(=O)NN. The molecule has 0 aliphatic heterocycles. The number of unbranched alkanes of at least 4 members (excludes halogenated alkanes) is 1. The Morgan fingerprint density at radius 3 is 1.47 bits per heavy atom. The molecule has 0 aliphatic rings. The number of nitrogens with one attached hydrogen (secondary N) is 2. The number of hydrazine groups is 2. The van der Waals surface area contributed by atoms with E-state index in [0.29, 0.717) is 25.7 Å². The summed E-state index contributed by atoms with van der Waals surface area (Å²) in [6, 6.07) is 0. The van der Waals surface area contributed by atoms with E-state index in [1.807, 2.05) is 10.9 Å². The van der Waals surface area contributed by atoms with Gasteiger partial charge in [0.15, 0.2) is 0 Å². The first-order chi connectivity index (χ1) is 7.97. The van der Waals surface area contributed by atoms with Gasteiger partial charge >= 0.3 is 0 Å². The van der Waals surface area contributed by atoms with E-state index in [-0.39, 0.29) is 11.8 Å². The third-order valence-corrected chi connectivity index (χ3v) is 1.58. The molecule has 8 N–H and O–H groups in total. The van der Waals surface area contributed by atoms with Gasteiger partial charge < -0.3 is 5.73 Å². The van der Waals surface area contributed by atoms with Gasteiger partial charge in [0.1, 0.15) is 0 Å². The Hall–Kier alpha value is -1.93. The normalized spacial score (nSPS) is 8.35. The number of carbonyl (C=O) groups excluding carboxylic acids is 3. The molecule has 0 aromatic rings. The molecule has 0 spiro atoms. The van der Waals surface area contributed by atoms with Crippen LogP contribution in [0.3, 0.4) is 0 Å². The van der Waals surface area contributed by atoms with E-state index in [1.54, 1.807) is 0 Å². The molecular formula is C9H19N5O3. The molecule has 0 atom stereocenters. The summed E-state index contributed by atoms with van der Waals surface area (Å²) >= 11 is 0. The van der Waals surface area contributed by atoms with Crippen molar-refractivity contribution in [2.45, 2.75) is 25.7 Å². The first-order valence-electron chi connectivity index (χ1n) is 4.88. The van der Waals surface area contributed by atoms with E-state index in [9.17, 15) is 14.4 Å². The molecule has 0 aliphatic carbocycles. The predicted molar refractivity (Wildman–Crippen MR) is 62.5 cm³/mol. The number of rotatable bonds is 6. The highest BCUT2D eigenvalue weighted by Crippen LogP contribution is 1.98. The van der Waals surface area contributed by atoms with Gasteiger partial charge in [-0.3, -0.25) is 25.2 Å². The van der Waals surface area contributed by atoms with Crippen LogP contribution in [0.4, 0.5) is 0 Å². The van der Waals surface area contributed by atoms with E-state index in [1.165, 1.54) is 0 Å². The summed E-state index contributed by atoms with van der Waals surface area (Å²) in [5.74, 6) is 8.76. The van der Waals surface area contributed by atoms with Crippen LogP contribution in [0.15, 0.2) is 12.7 Å². The number of hydrogen-bond donors (Lipinski definition) is 5. The number of amides is 3. The van der Waals surface area contributed by atoms with Crippen molar-refractivity contribution >= 4 is 17.7 Å². The fourth-order valence-corrected chi connectivity index (χ4v) is 0.715. The van der Waals surface area contributed by atoms with Crippen molar-refractivity contribution in [1.82, 2.24) is 10.9 Å². The fourth-order valence-electron chi connectivity index (χ4n) is 0.715. The Kier molecular flexibility index (Phi) is 12.5. The van der Waals surface area contributed by atoms with Gasteiger partial charge in [0, 0.05) is 12.8 Å². The Labute approximate surface area is 99.5 Å². The molecule has 0 saturated carbocycles. The molecular weight excluding hydrogens is 226 g/mol. The van der Waals surface area contributed by atoms with Gasteiger partial charge in [-0.15, -0.1) is 0 Å².